The second-order valence-electron chi connectivity index (χ2n) is 14.9. The predicted octanol–water partition coefficient (Wildman–Crippen LogP) is 7.05. The van der Waals surface area contributed by atoms with Crippen LogP contribution in [-0.2, 0) is 32.9 Å². The molecule has 0 spiro atoms. The second kappa shape index (κ2) is 21.2. The van der Waals surface area contributed by atoms with Crippen LogP contribution in [0.2, 0.25) is 5.02 Å². The fourth-order valence-corrected chi connectivity index (χ4v) is 12.4. The first-order chi connectivity index (χ1) is 31.8. The third kappa shape index (κ3) is 10.7. The van der Waals surface area contributed by atoms with E-state index in [4.69, 9.17) is 30.8 Å². The Morgan fingerprint density at radius 2 is 1.08 bits per heavy atom. The number of rotatable bonds is 13. The summed E-state index contributed by atoms with van der Waals surface area (Å²) in [6.07, 6.45) is 1.08. The van der Waals surface area contributed by atoms with Crippen molar-refractivity contribution in [2.24, 2.45) is 0 Å². The molecule has 2 fully saturated rings. The van der Waals surface area contributed by atoms with Crippen molar-refractivity contribution in [2.75, 3.05) is 83.5 Å². The Labute approximate surface area is 396 Å². The number of piperazine rings is 2. The molecular weight excluding hydrogens is 947 g/mol. The van der Waals surface area contributed by atoms with Crippen LogP contribution in [0.3, 0.4) is 0 Å². The van der Waals surface area contributed by atoms with Crippen LogP contribution in [0, 0.1) is 28.5 Å². The van der Waals surface area contributed by atoms with Crippen LogP contribution in [0.1, 0.15) is 33.6 Å². The van der Waals surface area contributed by atoms with Crippen molar-refractivity contribution >= 4 is 64.6 Å². The Balaban J connectivity index is 0.000000198. The number of ether oxygens (including phenoxy) is 3. The van der Waals surface area contributed by atoms with Crippen molar-refractivity contribution in [2.45, 2.75) is 22.6 Å². The minimum atomic E-state index is -3.73. The first-order valence-corrected chi connectivity index (χ1v) is 25.4. The molecule has 2 saturated heterocycles. The molecule has 0 amide bonds. The molecule has 4 heterocycles. The van der Waals surface area contributed by atoms with E-state index in [0.717, 1.165) is 32.8 Å². The molecule has 2 aromatic heterocycles. The number of benzene rings is 4. The number of anilines is 2. The van der Waals surface area contributed by atoms with Gasteiger partial charge in [0, 0.05) is 76.0 Å². The topological polar surface area (TPSA) is 182 Å². The number of thiazole rings is 2. The Morgan fingerprint density at radius 1 is 0.636 bits per heavy atom. The van der Waals surface area contributed by atoms with Crippen LogP contribution >= 0.6 is 34.3 Å². The van der Waals surface area contributed by atoms with E-state index in [1.165, 1.54) is 67.7 Å². The van der Waals surface area contributed by atoms with Crippen molar-refractivity contribution in [3.05, 3.63) is 134 Å². The van der Waals surface area contributed by atoms with Gasteiger partial charge in [0.1, 0.15) is 18.0 Å². The minimum absolute atomic E-state index is 0.0395. The summed E-state index contributed by atoms with van der Waals surface area (Å²) in [7, 11) is -2.73. The van der Waals surface area contributed by atoms with Gasteiger partial charge in [-0.1, -0.05) is 41.9 Å². The molecule has 344 valence electrons. The summed E-state index contributed by atoms with van der Waals surface area (Å²) >= 11 is 8.74. The van der Waals surface area contributed by atoms with Gasteiger partial charge >= 0.3 is 0 Å². The van der Waals surface area contributed by atoms with Gasteiger partial charge < -0.3 is 24.0 Å². The fourth-order valence-electron chi connectivity index (χ4n) is 7.44. The Morgan fingerprint density at radius 3 is 1.48 bits per heavy atom. The molecule has 0 bridgehead atoms. The number of halogens is 2. The minimum Gasteiger partial charge on any atom is -0.493 e. The van der Waals surface area contributed by atoms with Gasteiger partial charge in [0.15, 0.2) is 21.8 Å². The average Bonchev–Trinajstić information content (AvgIpc) is 4.02. The van der Waals surface area contributed by atoms with Crippen LogP contribution in [-0.4, -0.2) is 109 Å². The summed E-state index contributed by atoms with van der Waals surface area (Å²) in [5.74, 6) is 1.27. The van der Waals surface area contributed by atoms with E-state index in [-0.39, 0.29) is 25.9 Å². The summed E-state index contributed by atoms with van der Waals surface area (Å²) in [5.41, 5.74) is 3.78. The largest absolute Gasteiger partial charge is 0.493 e. The number of methoxy groups -OCH3 is 3. The van der Waals surface area contributed by atoms with Crippen molar-refractivity contribution in [1.82, 2.24) is 18.6 Å². The average molecular weight is 992 g/mol. The van der Waals surface area contributed by atoms with Crippen molar-refractivity contribution in [1.29, 1.82) is 10.5 Å². The molecule has 8 rings (SSSR count). The first kappa shape index (κ1) is 48.1. The highest BCUT2D eigenvalue weighted by Gasteiger charge is 2.32. The lowest BCUT2D eigenvalue weighted by molar-refractivity contribution is 0.324. The zero-order valence-electron chi connectivity index (χ0n) is 36.1. The second-order valence-corrected chi connectivity index (χ2v) is 20.8. The summed E-state index contributed by atoms with van der Waals surface area (Å²) in [6, 6.07) is 25.0. The van der Waals surface area contributed by atoms with E-state index in [2.05, 4.69) is 9.88 Å². The normalized spacial score (nSPS) is 14.7. The van der Waals surface area contributed by atoms with Gasteiger partial charge in [-0.25, -0.2) is 31.2 Å². The molecule has 6 aromatic rings. The van der Waals surface area contributed by atoms with Gasteiger partial charge in [-0.05, 0) is 59.7 Å². The molecule has 2 aliphatic heterocycles. The molecule has 0 atom stereocenters. The first-order valence-electron chi connectivity index (χ1n) is 20.4. The van der Waals surface area contributed by atoms with Gasteiger partial charge in [-0.15, -0.1) is 22.7 Å². The lowest BCUT2D eigenvalue weighted by atomic mass is 10.1. The van der Waals surface area contributed by atoms with Crippen LogP contribution in [0.5, 0.6) is 17.2 Å². The highest BCUT2D eigenvalue weighted by atomic mass is 35.5. The van der Waals surface area contributed by atoms with Crippen LogP contribution in [0.15, 0.2) is 99.4 Å². The van der Waals surface area contributed by atoms with E-state index >= 15 is 0 Å². The number of hydrogen-bond donors (Lipinski definition) is 0. The highest BCUT2D eigenvalue weighted by Crippen LogP contribution is 2.39. The smallest absolute Gasteiger partial charge is 0.244 e. The van der Waals surface area contributed by atoms with Crippen molar-refractivity contribution in [3.63, 3.8) is 0 Å². The highest BCUT2D eigenvalue weighted by molar-refractivity contribution is 7.89. The summed E-state index contributed by atoms with van der Waals surface area (Å²) in [5, 5.41) is 24.2. The lowest BCUT2D eigenvalue weighted by Crippen LogP contribution is -2.48. The van der Waals surface area contributed by atoms with Gasteiger partial charge in [0.25, 0.3) is 0 Å². The summed E-state index contributed by atoms with van der Waals surface area (Å²) < 4.78 is 84.9. The van der Waals surface area contributed by atoms with E-state index in [1.807, 2.05) is 39.9 Å². The molecule has 2 aliphatic rings. The van der Waals surface area contributed by atoms with E-state index in [0.29, 0.717) is 82.4 Å². The van der Waals surface area contributed by atoms with E-state index in [9.17, 15) is 31.7 Å². The van der Waals surface area contributed by atoms with Crippen molar-refractivity contribution < 1.29 is 35.4 Å². The van der Waals surface area contributed by atoms with Gasteiger partial charge in [0.2, 0.25) is 25.8 Å². The van der Waals surface area contributed by atoms with Crippen LogP contribution < -0.4 is 24.0 Å². The van der Waals surface area contributed by atoms with E-state index in [1.54, 1.807) is 51.7 Å². The van der Waals surface area contributed by atoms with E-state index < -0.39 is 25.9 Å². The zero-order valence-corrected chi connectivity index (χ0v) is 40.1. The van der Waals surface area contributed by atoms with Gasteiger partial charge in [0.05, 0.1) is 58.7 Å². The molecular formula is C45H44ClFN8O7S4. The Hall–Kier alpha value is -5.84. The zero-order chi connectivity index (χ0) is 47.0. The number of sulfonamides is 2. The van der Waals surface area contributed by atoms with Crippen molar-refractivity contribution in [3.8, 4) is 29.4 Å². The maximum absolute atomic E-state index is 13.7. The predicted molar refractivity (Wildman–Crippen MR) is 252 cm³/mol. The molecule has 66 heavy (non-hydrogen) atoms. The SMILES string of the molecule is COc1cc(Cc2csc(N3CCN(S(=O)(=O)c4ccccc4C#N)CC3)n2)cc(OC)c1OC.N#Cc1ccccc1S(=O)(=O)N1CCN(c2nc(Cc3ccc(Cl)c(F)c3)cs2)CC1. The molecule has 21 heteroatoms. The lowest BCUT2D eigenvalue weighted by Gasteiger charge is -2.33. The molecule has 0 aliphatic carbocycles. The number of nitriles is 2. The maximum Gasteiger partial charge on any atom is 0.244 e. The number of nitrogens with zero attached hydrogens (tertiary/aromatic N) is 8. The molecule has 4 aromatic carbocycles. The summed E-state index contributed by atoms with van der Waals surface area (Å²) in [6.45, 7) is 3.29. The molecule has 0 N–H and O–H groups in total. The number of hydrogen-bond acceptors (Lipinski definition) is 15. The molecule has 0 radical (unpaired) electrons. The summed E-state index contributed by atoms with van der Waals surface area (Å²) in [4.78, 5) is 13.6. The van der Waals surface area contributed by atoms with Crippen LogP contribution in [0.25, 0.3) is 0 Å². The molecule has 0 unspecified atom stereocenters. The fraction of sp³-hybridized carbons (Fsp3) is 0.289. The van der Waals surface area contributed by atoms with Crippen LogP contribution in [0.4, 0.5) is 14.7 Å². The Bertz CT molecular complexity index is 2970. The molecule has 0 saturated carbocycles. The Kier molecular flexibility index (Phi) is 15.5. The quantitative estimate of drug-likeness (QED) is 0.115. The van der Waals surface area contributed by atoms with Gasteiger partial charge in [-0.2, -0.15) is 19.1 Å². The monoisotopic (exact) mass is 990 g/mol. The standard InChI is InChI=1S/C24H26N4O5S2.C21H18ClFN4O2S2/c1-31-20-13-17(14-21(32-2)23(20)33-3)12-19-16-34-24(26-19)27-8-10-28(11-9-27)35(29,30)22-7-5-4-6-18(22)15-25;22-18-6-5-15(12-19(18)23)11-17-14-30-21(25-17)26-7-9-27(10-8-26)31(28,29)20-4-2-1-3-16(20)13-24/h4-7,13-14,16H,8-12H2,1-3H3;1-6,12,14H,7-11H2. The third-order valence-electron chi connectivity index (χ3n) is 10.8. The van der Waals surface area contributed by atoms with Gasteiger partial charge in [-0.3, -0.25) is 0 Å². The molecule has 15 nitrogen and oxygen atoms in total. The number of aromatic nitrogens is 2. The third-order valence-corrected chi connectivity index (χ3v) is 16.9. The maximum atomic E-state index is 13.7.